The van der Waals surface area contributed by atoms with Gasteiger partial charge in [-0.25, -0.2) is 4.79 Å². The lowest BCUT2D eigenvalue weighted by molar-refractivity contribution is -0.187. The van der Waals surface area contributed by atoms with Gasteiger partial charge in [-0.15, -0.1) is 0 Å². The molecule has 9 heteroatoms. The van der Waals surface area contributed by atoms with Crippen molar-refractivity contribution in [3.05, 3.63) is 57.6 Å². The van der Waals surface area contributed by atoms with Crippen LogP contribution in [0.15, 0.2) is 42.0 Å². The number of aliphatic carboxylic acids is 1. The number of hydrogen-bond donors (Lipinski definition) is 1. The van der Waals surface area contributed by atoms with Crippen molar-refractivity contribution in [1.82, 2.24) is 0 Å². The Morgan fingerprint density at radius 1 is 1.19 bits per heavy atom. The molecule has 4 nitrogen and oxygen atoms in total. The number of fused-ring (bicyclic) bond motifs is 1. The number of carboxylic acids is 1. The van der Waals surface area contributed by atoms with Crippen LogP contribution in [-0.4, -0.2) is 23.4 Å². The van der Waals surface area contributed by atoms with Crippen LogP contribution in [0.25, 0.3) is 6.08 Å². The van der Waals surface area contributed by atoms with Crippen molar-refractivity contribution < 1.29 is 32.5 Å². The zero-order valence-corrected chi connectivity index (χ0v) is 14.2. The average molecular weight is 405 g/mol. The van der Waals surface area contributed by atoms with Crippen LogP contribution in [0.1, 0.15) is 5.56 Å². The highest BCUT2D eigenvalue weighted by atomic mass is 35.5. The minimum Gasteiger partial charge on any atom is -0.478 e. The van der Waals surface area contributed by atoms with Crippen molar-refractivity contribution >= 4 is 35.2 Å². The summed E-state index contributed by atoms with van der Waals surface area (Å²) in [6, 6.07) is 8.77. The Bertz CT molecular complexity index is 909. The van der Waals surface area contributed by atoms with Gasteiger partial charge in [-0.05, 0) is 36.4 Å². The lowest BCUT2D eigenvalue weighted by Gasteiger charge is -2.28. The van der Waals surface area contributed by atoms with E-state index >= 15 is 0 Å². The SMILES string of the molecule is O=C(O)C1=Cc2c(ccc(Cl)c2Oc2cccc(Cl)c2)OC1C(F)(F)F. The van der Waals surface area contributed by atoms with Crippen LogP contribution < -0.4 is 9.47 Å². The first kappa shape index (κ1) is 18.4. The molecule has 0 aliphatic carbocycles. The molecule has 1 atom stereocenters. The maximum Gasteiger partial charge on any atom is 0.430 e. The number of carbonyl (C=O) groups is 1. The molecule has 0 amide bonds. The molecule has 0 bridgehead atoms. The molecule has 136 valence electrons. The third-order valence-electron chi connectivity index (χ3n) is 3.50. The zero-order chi connectivity index (χ0) is 19.1. The minimum absolute atomic E-state index is 0.00428. The van der Waals surface area contributed by atoms with E-state index in [0.29, 0.717) is 5.02 Å². The monoisotopic (exact) mass is 404 g/mol. The lowest BCUT2D eigenvalue weighted by atomic mass is 10.0. The topological polar surface area (TPSA) is 55.8 Å². The third kappa shape index (κ3) is 3.59. The second-order valence-electron chi connectivity index (χ2n) is 5.29. The number of ether oxygens (including phenoxy) is 2. The van der Waals surface area contributed by atoms with E-state index in [-0.39, 0.29) is 27.8 Å². The Morgan fingerprint density at radius 2 is 1.92 bits per heavy atom. The fraction of sp³-hybridized carbons (Fsp3) is 0.118. The molecule has 3 rings (SSSR count). The summed E-state index contributed by atoms with van der Waals surface area (Å²) in [5.41, 5.74) is -0.974. The van der Waals surface area contributed by atoms with Gasteiger partial charge in [0.15, 0.2) is 5.75 Å². The van der Waals surface area contributed by atoms with Crippen LogP contribution in [0.3, 0.4) is 0 Å². The summed E-state index contributed by atoms with van der Waals surface area (Å²) in [6.07, 6.45) is -6.63. The van der Waals surface area contributed by atoms with Crippen LogP contribution in [0.2, 0.25) is 10.0 Å². The summed E-state index contributed by atoms with van der Waals surface area (Å²) in [7, 11) is 0. The molecule has 1 N–H and O–H groups in total. The van der Waals surface area contributed by atoms with E-state index in [9.17, 15) is 18.0 Å². The van der Waals surface area contributed by atoms with Gasteiger partial charge in [0.25, 0.3) is 0 Å². The van der Waals surface area contributed by atoms with Crippen molar-refractivity contribution in [2.75, 3.05) is 0 Å². The summed E-state index contributed by atoms with van der Waals surface area (Å²) in [5.74, 6) is -1.72. The maximum atomic E-state index is 13.1. The normalized spacial score (nSPS) is 16.3. The quantitative estimate of drug-likeness (QED) is 0.725. The number of rotatable bonds is 3. The molecule has 2 aromatic rings. The standard InChI is InChI=1S/C17H9Cl2F3O4/c18-8-2-1-3-9(6-8)25-14-10-7-11(16(23)24)15(17(20,21)22)26-13(10)5-4-12(14)19/h1-7,15H,(H,23,24). The Kier molecular flexibility index (Phi) is 4.77. The number of alkyl halides is 3. The van der Waals surface area contributed by atoms with Crippen LogP contribution in [0, 0.1) is 0 Å². The summed E-state index contributed by atoms with van der Waals surface area (Å²) in [6.45, 7) is 0. The first-order valence-corrected chi connectivity index (χ1v) is 7.86. The summed E-state index contributed by atoms with van der Waals surface area (Å²) in [4.78, 5) is 11.3. The molecule has 0 radical (unpaired) electrons. The lowest BCUT2D eigenvalue weighted by Crippen LogP contribution is -2.40. The van der Waals surface area contributed by atoms with Crippen molar-refractivity contribution in [3.63, 3.8) is 0 Å². The van der Waals surface area contributed by atoms with E-state index in [1.807, 2.05) is 0 Å². The average Bonchev–Trinajstić information content (AvgIpc) is 2.55. The highest BCUT2D eigenvalue weighted by Crippen LogP contribution is 2.45. The molecule has 1 heterocycles. The summed E-state index contributed by atoms with van der Waals surface area (Å²) < 4.78 is 49.9. The number of benzene rings is 2. The third-order valence-corrected chi connectivity index (χ3v) is 4.03. The van der Waals surface area contributed by atoms with Crippen molar-refractivity contribution in [3.8, 4) is 17.2 Å². The highest BCUT2D eigenvalue weighted by molar-refractivity contribution is 6.32. The first-order chi connectivity index (χ1) is 12.2. The second kappa shape index (κ2) is 6.74. The van der Waals surface area contributed by atoms with Gasteiger partial charge in [-0.1, -0.05) is 29.3 Å². The smallest absolute Gasteiger partial charge is 0.430 e. The molecule has 0 saturated heterocycles. The van der Waals surface area contributed by atoms with Crippen LogP contribution in [0.5, 0.6) is 17.2 Å². The van der Waals surface area contributed by atoms with Gasteiger partial charge in [0.2, 0.25) is 6.10 Å². The van der Waals surface area contributed by atoms with E-state index in [0.717, 1.165) is 6.08 Å². The fourth-order valence-electron chi connectivity index (χ4n) is 2.39. The maximum absolute atomic E-state index is 13.1. The Labute approximate surface area is 155 Å². The summed E-state index contributed by atoms with van der Waals surface area (Å²) in [5, 5.41) is 9.59. The number of carboxylic acid groups (broad SMARTS) is 1. The molecule has 0 saturated carbocycles. The van der Waals surface area contributed by atoms with Gasteiger partial charge < -0.3 is 14.6 Å². The molecule has 1 unspecified atom stereocenters. The van der Waals surface area contributed by atoms with Gasteiger partial charge in [-0.2, -0.15) is 13.2 Å². The molecule has 0 aromatic heterocycles. The molecule has 1 aliphatic rings. The van der Waals surface area contributed by atoms with Crippen LogP contribution in [-0.2, 0) is 4.79 Å². The largest absolute Gasteiger partial charge is 0.478 e. The van der Waals surface area contributed by atoms with Gasteiger partial charge in [0, 0.05) is 5.02 Å². The molecule has 26 heavy (non-hydrogen) atoms. The van der Waals surface area contributed by atoms with Crippen LogP contribution in [0.4, 0.5) is 13.2 Å². The van der Waals surface area contributed by atoms with E-state index < -0.39 is 23.8 Å². The Balaban J connectivity index is 2.11. The fourth-order valence-corrected chi connectivity index (χ4v) is 2.77. The molecule has 0 spiro atoms. The molecule has 0 fully saturated rings. The second-order valence-corrected chi connectivity index (χ2v) is 6.14. The molecular formula is C17H9Cl2F3O4. The Morgan fingerprint density at radius 3 is 2.54 bits per heavy atom. The van der Waals surface area contributed by atoms with Gasteiger partial charge in [0.05, 0.1) is 16.2 Å². The van der Waals surface area contributed by atoms with Gasteiger partial charge in [-0.3, -0.25) is 0 Å². The van der Waals surface area contributed by atoms with Crippen molar-refractivity contribution in [2.45, 2.75) is 12.3 Å². The van der Waals surface area contributed by atoms with E-state index in [1.165, 1.54) is 18.2 Å². The molecular weight excluding hydrogens is 396 g/mol. The van der Waals surface area contributed by atoms with E-state index in [2.05, 4.69) is 0 Å². The molecule has 2 aromatic carbocycles. The van der Waals surface area contributed by atoms with Crippen molar-refractivity contribution in [1.29, 1.82) is 0 Å². The molecule has 1 aliphatic heterocycles. The van der Waals surface area contributed by atoms with Crippen LogP contribution >= 0.6 is 23.2 Å². The number of hydrogen-bond acceptors (Lipinski definition) is 3. The predicted molar refractivity (Wildman–Crippen MR) is 89.1 cm³/mol. The van der Waals surface area contributed by atoms with Crippen molar-refractivity contribution in [2.24, 2.45) is 0 Å². The van der Waals surface area contributed by atoms with E-state index in [4.69, 9.17) is 37.8 Å². The summed E-state index contributed by atoms with van der Waals surface area (Å²) >= 11 is 12.0. The number of halogens is 5. The van der Waals surface area contributed by atoms with E-state index in [1.54, 1.807) is 18.2 Å². The highest BCUT2D eigenvalue weighted by Gasteiger charge is 2.48. The van der Waals surface area contributed by atoms with Gasteiger partial charge >= 0.3 is 12.1 Å². The first-order valence-electron chi connectivity index (χ1n) is 7.11. The van der Waals surface area contributed by atoms with Gasteiger partial charge in [0.1, 0.15) is 11.5 Å². The zero-order valence-electron chi connectivity index (χ0n) is 12.7. The minimum atomic E-state index is -4.89. The Hall–Kier alpha value is -2.38. The predicted octanol–water partition coefficient (Wildman–Crippen LogP) is 5.58.